The Morgan fingerprint density at radius 2 is 1.64 bits per heavy atom. The number of amides is 1. The Morgan fingerprint density at radius 1 is 0.917 bits per heavy atom. The van der Waals surface area contributed by atoms with Crippen LogP contribution in [0.15, 0.2) is 72.3 Å². The fourth-order valence-electron chi connectivity index (χ4n) is 4.31. The number of benzene rings is 3. The molecule has 4 rings (SSSR count). The van der Waals surface area contributed by atoms with E-state index in [-0.39, 0.29) is 17.9 Å². The lowest BCUT2D eigenvalue weighted by Crippen LogP contribution is -2.31. The number of aliphatic hydroxyl groups is 1. The number of Topliss-reactive ketones (excluding diaryl/α,β-unsaturated/α-hetero) is 1. The molecule has 0 aliphatic carbocycles. The standard InChI is InChI=1S/C28H26FNO6/c1-34-21-6-4-5-19(16-21)26(31)24-25(18-8-10-20(29)11-9-18)30(28(33)27(24)32)14-13-17-7-12-22(35-2)23(15-17)36-3/h4-12,15-16,25,31H,13-14H2,1-3H3/b26-24+. The fraction of sp³-hybridized carbons (Fsp3) is 0.214. The molecule has 186 valence electrons. The van der Waals surface area contributed by atoms with Crippen molar-refractivity contribution in [1.82, 2.24) is 4.90 Å². The van der Waals surface area contributed by atoms with Crippen molar-refractivity contribution in [2.75, 3.05) is 27.9 Å². The molecule has 1 aliphatic rings. The molecule has 1 saturated heterocycles. The van der Waals surface area contributed by atoms with Crippen LogP contribution in [0.2, 0.25) is 0 Å². The van der Waals surface area contributed by atoms with Crippen LogP contribution in [-0.2, 0) is 16.0 Å². The maximum Gasteiger partial charge on any atom is 0.295 e. The van der Waals surface area contributed by atoms with E-state index in [1.165, 1.54) is 43.4 Å². The second-order valence-electron chi connectivity index (χ2n) is 8.22. The molecule has 1 amide bonds. The summed E-state index contributed by atoms with van der Waals surface area (Å²) in [6, 6.07) is 16.6. The summed E-state index contributed by atoms with van der Waals surface area (Å²) in [6.45, 7) is 0.178. The van der Waals surface area contributed by atoms with E-state index in [0.29, 0.717) is 34.8 Å². The van der Waals surface area contributed by atoms with Gasteiger partial charge in [0.1, 0.15) is 17.3 Å². The van der Waals surface area contributed by atoms with Gasteiger partial charge in [0, 0.05) is 12.1 Å². The van der Waals surface area contributed by atoms with Gasteiger partial charge in [-0.2, -0.15) is 0 Å². The lowest BCUT2D eigenvalue weighted by molar-refractivity contribution is -0.139. The molecule has 36 heavy (non-hydrogen) atoms. The number of likely N-dealkylation sites (tertiary alicyclic amines) is 1. The Balaban J connectivity index is 1.75. The molecule has 1 N–H and O–H groups in total. The predicted octanol–water partition coefficient (Wildman–Crippen LogP) is 4.52. The van der Waals surface area contributed by atoms with E-state index in [0.717, 1.165) is 5.56 Å². The molecule has 0 bridgehead atoms. The highest BCUT2D eigenvalue weighted by molar-refractivity contribution is 6.46. The number of aliphatic hydroxyl groups excluding tert-OH is 1. The van der Waals surface area contributed by atoms with Crippen LogP contribution in [0.25, 0.3) is 5.76 Å². The molecule has 0 spiro atoms. The molecule has 8 heteroatoms. The van der Waals surface area contributed by atoms with Crippen LogP contribution in [0.4, 0.5) is 4.39 Å². The van der Waals surface area contributed by atoms with Crippen LogP contribution in [-0.4, -0.2) is 49.6 Å². The van der Waals surface area contributed by atoms with Crippen molar-refractivity contribution in [2.24, 2.45) is 0 Å². The number of hydrogen-bond acceptors (Lipinski definition) is 6. The molecule has 1 aliphatic heterocycles. The van der Waals surface area contributed by atoms with Crippen molar-refractivity contribution >= 4 is 17.4 Å². The normalized spacial score (nSPS) is 16.8. The summed E-state index contributed by atoms with van der Waals surface area (Å²) in [6.07, 6.45) is 0.407. The summed E-state index contributed by atoms with van der Waals surface area (Å²) in [5, 5.41) is 11.2. The smallest absolute Gasteiger partial charge is 0.295 e. The maximum atomic E-state index is 13.7. The van der Waals surface area contributed by atoms with Crippen molar-refractivity contribution in [3.8, 4) is 17.2 Å². The lowest BCUT2D eigenvalue weighted by Gasteiger charge is -2.25. The number of rotatable bonds is 8. The molecule has 1 fully saturated rings. The first-order valence-electron chi connectivity index (χ1n) is 11.3. The van der Waals surface area contributed by atoms with Crippen molar-refractivity contribution in [3.05, 3.63) is 94.8 Å². The van der Waals surface area contributed by atoms with Gasteiger partial charge in [0.25, 0.3) is 11.7 Å². The molecule has 0 aromatic heterocycles. The lowest BCUT2D eigenvalue weighted by atomic mass is 9.95. The van der Waals surface area contributed by atoms with Gasteiger partial charge in [-0.05, 0) is 53.9 Å². The van der Waals surface area contributed by atoms with E-state index >= 15 is 0 Å². The molecule has 1 unspecified atom stereocenters. The Morgan fingerprint density at radius 3 is 2.31 bits per heavy atom. The number of ether oxygens (including phenoxy) is 3. The molecule has 0 radical (unpaired) electrons. The van der Waals surface area contributed by atoms with Crippen LogP contribution >= 0.6 is 0 Å². The summed E-state index contributed by atoms with van der Waals surface area (Å²) < 4.78 is 29.5. The Hall–Kier alpha value is -4.33. The van der Waals surface area contributed by atoms with Crippen molar-refractivity contribution in [3.63, 3.8) is 0 Å². The van der Waals surface area contributed by atoms with E-state index in [1.54, 1.807) is 43.5 Å². The van der Waals surface area contributed by atoms with E-state index < -0.39 is 23.5 Å². The highest BCUT2D eigenvalue weighted by Gasteiger charge is 2.45. The highest BCUT2D eigenvalue weighted by atomic mass is 19.1. The molecule has 3 aromatic rings. The third-order valence-corrected chi connectivity index (χ3v) is 6.16. The van der Waals surface area contributed by atoms with E-state index in [1.807, 2.05) is 6.07 Å². The van der Waals surface area contributed by atoms with Gasteiger partial charge < -0.3 is 24.2 Å². The van der Waals surface area contributed by atoms with Gasteiger partial charge in [-0.25, -0.2) is 4.39 Å². The van der Waals surface area contributed by atoms with Gasteiger partial charge in [0.2, 0.25) is 0 Å². The first kappa shape index (κ1) is 24.8. The van der Waals surface area contributed by atoms with Gasteiger partial charge >= 0.3 is 0 Å². The van der Waals surface area contributed by atoms with Crippen LogP contribution in [0.3, 0.4) is 0 Å². The molecular weight excluding hydrogens is 465 g/mol. The average molecular weight is 492 g/mol. The largest absolute Gasteiger partial charge is 0.507 e. The summed E-state index contributed by atoms with van der Waals surface area (Å²) in [4.78, 5) is 27.7. The van der Waals surface area contributed by atoms with Gasteiger partial charge in [0.05, 0.1) is 32.9 Å². The molecule has 1 atom stereocenters. The fourth-order valence-corrected chi connectivity index (χ4v) is 4.31. The SMILES string of the molecule is COc1cccc(/C(O)=C2\C(=O)C(=O)N(CCc3ccc(OC)c(OC)c3)C2c2ccc(F)cc2)c1. The predicted molar refractivity (Wildman–Crippen MR) is 132 cm³/mol. The Bertz CT molecular complexity index is 1320. The van der Waals surface area contributed by atoms with Gasteiger partial charge in [-0.1, -0.05) is 30.3 Å². The number of carbonyl (C=O) groups is 2. The maximum absolute atomic E-state index is 13.7. The topological polar surface area (TPSA) is 85.3 Å². The third-order valence-electron chi connectivity index (χ3n) is 6.16. The molecular formula is C28H26FNO6. The first-order chi connectivity index (χ1) is 17.4. The summed E-state index contributed by atoms with van der Waals surface area (Å²) in [5.74, 6) is -0.716. The van der Waals surface area contributed by atoms with Gasteiger partial charge in [-0.15, -0.1) is 0 Å². The number of nitrogens with zero attached hydrogens (tertiary/aromatic N) is 1. The van der Waals surface area contributed by atoms with Crippen molar-refractivity contribution in [1.29, 1.82) is 0 Å². The number of halogens is 1. The third kappa shape index (κ3) is 4.75. The Kier molecular flexibility index (Phi) is 7.24. The van der Waals surface area contributed by atoms with E-state index in [2.05, 4.69) is 0 Å². The van der Waals surface area contributed by atoms with Crippen LogP contribution in [0, 0.1) is 5.82 Å². The monoisotopic (exact) mass is 491 g/mol. The zero-order valence-corrected chi connectivity index (χ0v) is 20.2. The van der Waals surface area contributed by atoms with Crippen molar-refractivity contribution in [2.45, 2.75) is 12.5 Å². The quantitative estimate of drug-likeness (QED) is 0.283. The summed E-state index contributed by atoms with van der Waals surface area (Å²) in [7, 11) is 4.57. The molecule has 0 saturated carbocycles. The van der Waals surface area contributed by atoms with Crippen LogP contribution < -0.4 is 14.2 Å². The van der Waals surface area contributed by atoms with Gasteiger partial charge in [0.15, 0.2) is 11.5 Å². The minimum absolute atomic E-state index is 0.0628. The number of carbonyl (C=O) groups excluding carboxylic acids is 2. The minimum atomic E-state index is -0.892. The first-order valence-corrected chi connectivity index (χ1v) is 11.3. The van der Waals surface area contributed by atoms with Gasteiger partial charge in [-0.3, -0.25) is 9.59 Å². The second kappa shape index (κ2) is 10.5. The summed E-state index contributed by atoms with van der Waals surface area (Å²) in [5.41, 5.74) is 1.64. The molecule has 3 aromatic carbocycles. The zero-order chi connectivity index (χ0) is 25.8. The number of ketones is 1. The highest BCUT2D eigenvalue weighted by Crippen LogP contribution is 2.40. The number of hydrogen-bond donors (Lipinski definition) is 1. The Labute approximate surface area is 208 Å². The summed E-state index contributed by atoms with van der Waals surface area (Å²) >= 11 is 0. The average Bonchev–Trinajstić information content (AvgIpc) is 3.16. The van der Waals surface area contributed by atoms with Crippen molar-refractivity contribution < 1.29 is 33.3 Å². The van der Waals surface area contributed by atoms with E-state index in [9.17, 15) is 19.1 Å². The van der Waals surface area contributed by atoms with E-state index in [4.69, 9.17) is 14.2 Å². The molecule has 1 heterocycles. The minimum Gasteiger partial charge on any atom is -0.507 e. The van der Waals surface area contributed by atoms with Crippen LogP contribution in [0.5, 0.6) is 17.2 Å². The van der Waals surface area contributed by atoms with Crippen LogP contribution in [0.1, 0.15) is 22.7 Å². The number of methoxy groups -OCH3 is 3. The molecule has 7 nitrogen and oxygen atoms in total. The second-order valence-corrected chi connectivity index (χ2v) is 8.22. The zero-order valence-electron chi connectivity index (χ0n) is 20.2.